The topological polar surface area (TPSA) is 84.1 Å². The third-order valence-corrected chi connectivity index (χ3v) is 5.12. The third-order valence-electron chi connectivity index (χ3n) is 4.36. The number of anilines is 1. The number of hydrogen-bond acceptors (Lipinski definition) is 5. The molecule has 6 nitrogen and oxygen atoms in total. The molecule has 2 N–H and O–H groups in total. The summed E-state index contributed by atoms with van der Waals surface area (Å²) in [5.74, 6) is -0.672. The van der Waals surface area contributed by atoms with E-state index in [1.165, 1.54) is 18.4 Å². The highest BCUT2D eigenvalue weighted by molar-refractivity contribution is 7.14. The Morgan fingerprint density at radius 1 is 1.00 bits per heavy atom. The van der Waals surface area contributed by atoms with Gasteiger partial charge < -0.3 is 9.72 Å². The van der Waals surface area contributed by atoms with Gasteiger partial charge in [-0.15, -0.1) is 11.3 Å². The number of nitrogens with zero attached hydrogens (tertiary/aromatic N) is 1. The molecular weight excluding hydrogens is 386 g/mol. The monoisotopic (exact) mass is 403 g/mol. The van der Waals surface area contributed by atoms with Crippen LogP contribution < -0.4 is 5.32 Å². The molecular formula is C22H17N3O3S. The lowest BCUT2D eigenvalue weighted by molar-refractivity contribution is 0.0594. The molecule has 4 rings (SSSR count). The van der Waals surface area contributed by atoms with Crippen molar-refractivity contribution < 1.29 is 14.3 Å². The zero-order valence-electron chi connectivity index (χ0n) is 15.5. The average molecular weight is 403 g/mol. The maximum absolute atomic E-state index is 12.5. The van der Waals surface area contributed by atoms with Crippen LogP contribution in [0.4, 0.5) is 5.13 Å². The predicted octanol–water partition coefficient (Wildman–Crippen LogP) is 4.84. The van der Waals surface area contributed by atoms with E-state index in [0.717, 1.165) is 16.7 Å². The normalized spacial score (nSPS) is 10.5. The fourth-order valence-electron chi connectivity index (χ4n) is 2.85. The molecule has 144 valence electrons. The van der Waals surface area contributed by atoms with Crippen LogP contribution in [0.5, 0.6) is 0 Å². The molecule has 0 unspecified atom stereocenters. The fraction of sp³-hybridized carbons (Fsp3) is 0.0455. The number of hydrogen-bond donors (Lipinski definition) is 2. The summed E-state index contributed by atoms with van der Waals surface area (Å²) >= 11 is 1.32. The van der Waals surface area contributed by atoms with Crippen molar-refractivity contribution in [1.82, 2.24) is 9.97 Å². The Labute approximate surface area is 171 Å². The van der Waals surface area contributed by atoms with Gasteiger partial charge in [-0.1, -0.05) is 42.5 Å². The van der Waals surface area contributed by atoms with Crippen LogP contribution in [0.25, 0.3) is 22.4 Å². The number of nitrogens with one attached hydrogen (secondary N) is 2. The lowest BCUT2D eigenvalue weighted by Crippen LogP contribution is -2.11. The molecule has 0 atom stereocenters. The van der Waals surface area contributed by atoms with Crippen LogP contribution in [0, 0.1) is 0 Å². The van der Waals surface area contributed by atoms with Crippen LogP contribution in [-0.4, -0.2) is 29.0 Å². The molecule has 2 heterocycles. The molecule has 0 aliphatic heterocycles. The van der Waals surface area contributed by atoms with E-state index in [9.17, 15) is 9.59 Å². The van der Waals surface area contributed by atoms with E-state index >= 15 is 0 Å². The second kappa shape index (κ2) is 8.12. The van der Waals surface area contributed by atoms with Gasteiger partial charge in [0.25, 0.3) is 5.91 Å². The number of esters is 1. The highest BCUT2D eigenvalue weighted by Gasteiger charge is 2.13. The van der Waals surface area contributed by atoms with E-state index in [-0.39, 0.29) is 5.91 Å². The van der Waals surface area contributed by atoms with Crippen LogP contribution in [0.3, 0.4) is 0 Å². The molecule has 0 saturated carbocycles. The Hall–Kier alpha value is -3.71. The molecule has 1 amide bonds. The minimum atomic E-state index is -0.445. The van der Waals surface area contributed by atoms with Gasteiger partial charge in [-0.25, -0.2) is 9.78 Å². The van der Waals surface area contributed by atoms with E-state index in [0.29, 0.717) is 22.1 Å². The average Bonchev–Trinajstić information content (AvgIpc) is 3.43. The van der Waals surface area contributed by atoms with Gasteiger partial charge in [-0.2, -0.15) is 0 Å². The number of H-pyrrole nitrogens is 1. The maximum Gasteiger partial charge on any atom is 0.354 e. The van der Waals surface area contributed by atoms with Gasteiger partial charge in [0, 0.05) is 22.7 Å². The summed E-state index contributed by atoms with van der Waals surface area (Å²) in [6.45, 7) is 0. The Morgan fingerprint density at radius 3 is 2.45 bits per heavy atom. The summed E-state index contributed by atoms with van der Waals surface area (Å²) in [6.07, 6.45) is 1.68. The Morgan fingerprint density at radius 2 is 1.72 bits per heavy atom. The summed E-state index contributed by atoms with van der Waals surface area (Å²) < 4.78 is 4.68. The highest BCUT2D eigenvalue weighted by atomic mass is 32.1. The van der Waals surface area contributed by atoms with Crippen molar-refractivity contribution in [2.24, 2.45) is 0 Å². The van der Waals surface area contributed by atoms with Crippen molar-refractivity contribution in [1.29, 1.82) is 0 Å². The lowest BCUT2D eigenvalue weighted by Gasteiger charge is -2.04. The Balaban J connectivity index is 1.45. The smallest absolute Gasteiger partial charge is 0.354 e. The van der Waals surface area contributed by atoms with Crippen molar-refractivity contribution in [3.63, 3.8) is 0 Å². The van der Waals surface area contributed by atoms with E-state index < -0.39 is 5.97 Å². The van der Waals surface area contributed by atoms with Crippen LogP contribution in [0.15, 0.2) is 72.2 Å². The van der Waals surface area contributed by atoms with Crippen molar-refractivity contribution >= 4 is 28.3 Å². The quantitative estimate of drug-likeness (QED) is 0.467. The van der Waals surface area contributed by atoms with Gasteiger partial charge in [-0.05, 0) is 29.3 Å². The standard InChI is InChI=1S/C22H17N3O3S/c1-28-21(27)18-11-17(12-23-18)19-13-29-22(24-19)25-20(26)16-9-7-15(8-10-16)14-5-3-2-4-6-14/h2-13,23H,1H3,(H,24,25,26). The molecule has 0 spiro atoms. The van der Waals surface area contributed by atoms with Crippen LogP contribution in [0.2, 0.25) is 0 Å². The largest absolute Gasteiger partial charge is 0.464 e. The first-order chi connectivity index (χ1) is 14.1. The summed E-state index contributed by atoms with van der Waals surface area (Å²) in [7, 11) is 1.33. The van der Waals surface area contributed by atoms with Gasteiger partial charge >= 0.3 is 5.97 Å². The number of methoxy groups -OCH3 is 1. The molecule has 0 aliphatic carbocycles. The molecule has 7 heteroatoms. The number of aromatic nitrogens is 2. The summed E-state index contributed by atoms with van der Waals surface area (Å²) in [5, 5.41) is 5.12. The fourth-order valence-corrected chi connectivity index (χ4v) is 3.56. The van der Waals surface area contributed by atoms with Gasteiger partial charge in [0.05, 0.1) is 12.8 Å². The molecule has 2 aromatic carbocycles. The van der Waals surface area contributed by atoms with E-state index in [4.69, 9.17) is 0 Å². The predicted molar refractivity (Wildman–Crippen MR) is 113 cm³/mol. The first kappa shape index (κ1) is 18.6. The summed E-state index contributed by atoms with van der Waals surface area (Å²) in [4.78, 5) is 31.4. The Kier molecular flexibility index (Phi) is 5.22. The van der Waals surface area contributed by atoms with Gasteiger partial charge in [0.2, 0.25) is 0 Å². The molecule has 2 aromatic heterocycles. The highest BCUT2D eigenvalue weighted by Crippen LogP contribution is 2.26. The Bertz CT molecular complexity index is 1150. The number of amides is 1. The first-order valence-electron chi connectivity index (χ1n) is 8.83. The number of aromatic amines is 1. The second-order valence-electron chi connectivity index (χ2n) is 6.23. The maximum atomic E-state index is 12.5. The second-order valence-corrected chi connectivity index (χ2v) is 7.09. The van der Waals surface area contributed by atoms with Crippen molar-refractivity contribution in [3.05, 3.63) is 83.5 Å². The minimum absolute atomic E-state index is 0.227. The number of carbonyl (C=O) groups excluding carboxylic acids is 2. The van der Waals surface area contributed by atoms with Gasteiger partial charge in [-0.3, -0.25) is 10.1 Å². The zero-order valence-corrected chi connectivity index (χ0v) is 16.3. The van der Waals surface area contributed by atoms with Crippen LogP contribution in [-0.2, 0) is 4.74 Å². The number of benzene rings is 2. The molecule has 0 radical (unpaired) electrons. The minimum Gasteiger partial charge on any atom is -0.464 e. The summed E-state index contributed by atoms with van der Waals surface area (Å²) in [5.41, 5.74) is 4.45. The lowest BCUT2D eigenvalue weighted by atomic mass is 10.0. The van der Waals surface area contributed by atoms with E-state index in [2.05, 4.69) is 20.0 Å². The molecule has 4 aromatic rings. The van der Waals surface area contributed by atoms with Crippen molar-refractivity contribution in [2.45, 2.75) is 0 Å². The molecule has 0 fully saturated rings. The number of ether oxygens (including phenoxy) is 1. The summed E-state index contributed by atoms with van der Waals surface area (Å²) in [6, 6.07) is 19.1. The van der Waals surface area contributed by atoms with Crippen LogP contribution in [0.1, 0.15) is 20.8 Å². The van der Waals surface area contributed by atoms with Crippen molar-refractivity contribution in [2.75, 3.05) is 12.4 Å². The van der Waals surface area contributed by atoms with Gasteiger partial charge in [0.1, 0.15) is 5.69 Å². The zero-order chi connectivity index (χ0) is 20.2. The van der Waals surface area contributed by atoms with Crippen LogP contribution >= 0.6 is 11.3 Å². The van der Waals surface area contributed by atoms with Gasteiger partial charge in [0.15, 0.2) is 5.13 Å². The molecule has 29 heavy (non-hydrogen) atoms. The third kappa shape index (κ3) is 4.09. The van der Waals surface area contributed by atoms with E-state index in [1.54, 1.807) is 24.4 Å². The first-order valence-corrected chi connectivity index (χ1v) is 9.71. The molecule has 0 aliphatic rings. The SMILES string of the molecule is COC(=O)c1cc(-c2csc(NC(=O)c3ccc(-c4ccccc4)cc3)n2)c[nH]1. The number of carbonyl (C=O) groups is 2. The number of rotatable bonds is 5. The van der Waals surface area contributed by atoms with Crippen molar-refractivity contribution in [3.8, 4) is 22.4 Å². The molecule has 0 bridgehead atoms. The molecule has 0 saturated heterocycles. The van der Waals surface area contributed by atoms with E-state index in [1.807, 2.05) is 47.8 Å². The number of thiazole rings is 1.